The van der Waals surface area contributed by atoms with Crippen LogP contribution < -0.4 is 5.32 Å². The van der Waals surface area contributed by atoms with Gasteiger partial charge >= 0.3 is 0 Å². The fourth-order valence-electron chi connectivity index (χ4n) is 2.38. The average molecular weight is 324 g/mol. The van der Waals surface area contributed by atoms with Crippen LogP contribution >= 0.6 is 0 Å². The Morgan fingerprint density at radius 3 is 2.55 bits per heavy atom. The first-order valence-electron chi connectivity index (χ1n) is 7.24. The van der Waals surface area contributed by atoms with Gasteiger partial charge in [0.05, 0.1) is 17.1 Å². The number of carbonyl (C=O) groups is 2. The molecule has 1 aromatic rings. The van der Waals surface area contributed by atoms with Gasteiger partial charge in [0.2, 0.25) is 11.8 Å². The molecule has 0 radical (unpaired) electrons. The number of rotatable bonds is 4. The lowest BCUT2D eigenvalue weighted by Gasteiger charge is -2.32. The highest BCUT2D eigenvalue weighted by atomic mass is 32.2. The molecule has 0 saturated carbocycles. The van der Waals surface area contributed by atoms with Gasteiger partial charge in [-0.1, -0.05) is 19.1 Å². The van der Waals surface area contributed by atoms with Gasteiger partial charge in [0.1, 0.15) is 6.04 Å². The van der Waals surface area contributed by atoms with Gasteiger partial charge < -0.3 is 10.2 Å². The van der Waals surface area contributed by atoms with Gasteiger partial charge in [-0.15, -0.1) is 0 Å². The van der Waals surface area contributed by atoms with Crippen molar-refractivity contribution in [3.05, 3.63) is 29.8 Å². The molecule has 22 heavy (non-hydrogen) atoms. The predicted octanol–water partition coefficient (Wildman–Crippen LogP) is 0.370. The Morgan fingerprint density at radius 1 is 1.32 bits per heavy atom. The lowest BCUT2D eigenvalue weighted by Crippen LogP contribution is -2.56. The van der Waals surface area contributed by atoms with Crippen molar-refractivity contribution in [3.63, 3.8) is 0 Å². The number of sulfone groups is 1. The number of hydrogen-bond acceptors (Lipinski definition) is 4. The Hall–Kier alpha value is -1.89. The smallest absolute Gasteiger partial charge is 0.242 e. The maximum absolute atomic E-state index is 12.3. The number of nitrogens with zero attached hydrogens (tertiary/aromatic N) is 1. The van der Waals surface area contributed by atoms with E-state index >= 15 is 0 Å². The fourth-order valence-corrected chi connectivity index (χ4v) is 3.26. The third kappa shape index (κ3) is 3.47. The van der Waals surface area contributed by atoms with Gasteiger partial charge in [0.25, 0.3) is 0 Å². The number of carbonyl (C=O) groups excluding carboxylic acids is 2. The van der Waals surface area contributed by atoms with E-state index in [1.54, 1.807) is 30.9 Å². The lowest BCUT2D eigenvalue weighted by atomic mass is 10.1. The highest BCUT2D eigenvalue weighted by Gasteiger charge is 2.28. The minimum atomic E-state index is -3.23. The third-order valence-corrected chi connectivity index (χ3v) is 5.59. The summed E-state index contributed by atoms with van der Waals surface area (Å²) in [4.78, 5) is 25.7. The minimum absolute atomic E-state index is 0.0473. The zero-order valence-electron chi connectivity index (χ0n) is 12.7. The van der Waals surface area contributed by atoms with E-state index < -0.39 is 15.9 Å². The number of benzene rings is 1. The summed E-state index contributed by atoms with van der Waals surface area (Å²) in [5.41, 5.74) is 0.734. The Bertz CT molecular complexity index is 667. The molecule has 0 aromatic heterocycles. The van der Waals surface area contributed by atoms with Crippen molar-refractivity contribution in [3.8, 4) is 0 Å². The maximum atomic E-state index is 12.3. The lowest BCUT2D eigenvalue weighted by molar-refractivity contribution is -0.142. The highest BCUT2D eigenvalue weighted by molar-refractivity contribution is 7.91. The van der Waals surface area contributed by atoms with Crippen LogP contribution in [0, 0.1) is 0 Å². The number of amides is 2. The van der Waals surface area contributed by atoms with Gasteiger partial charge in [0, 0.05) is 13.1 Å². The van der Waals surface area contributed by atoms with Crippen LogP contribution in [0.2, 0.25) is 0 Å². The van der Waals surface area contributed by atoms with Crippen molar-refractivity contribution < 1.29 is 18.0 Å². The molecule has 1 aromatic carbocycles. The molecule has 1 heterocycles. The first kappa shape index (κ1) is 16.5. The van der Waals surface area contributed by atoms with E-state index in [4.69, 9.17) is 0 Å². The van der Waals surface area contributed by atoms with Crippen molar-refractivity contribution in [1.29, 1.82) is 0 Å². The van der Waals surface area contributed by atoms with Gasteiger partial charge in [-0.3, -0.25) is 9.59 Å². The molecule has 0 spiro atoms. The first-order chi connectivity index (χ1) is 10.3. The molecular weight excluding hydrogens is 304 g/mol. The van der Waals surface area contributed by atoms with Gasteiger partial charge in [0.15, 0.2) is 9.84 Å². The van der Waals surface area contributed by atoms with Crippen LogP contribution in [0.1, 0.15) is 19.4 Å². The maximum Gasteiger partial charge on any atom is 0.242 e. The summed E-state index contributed by atoms with van der Waals surface area (Å²) in [6.07, 6.45) is 0.157. The SMILES string of the molecule is CCS(=O)(=O)c1ccc(CC(=O)N2CCNC(=O)C2C)cc1. The zero-order chi connectivity index (χ0) is 16.3. The van der Waals surface area contributed by atoms with E-state index in [1.807, 2.05) is 0 Å². The van der Waals surface area contributed by atoms with Gasteiger partial charge in [-0.25, -0.2) is 8.42 Å². The molecular formula is C15H20N2O4S. The molecule has 1 aliphatic heterocycles. The number of piperazine rings is 1. The van der Waals surface area contributed by atoms with E-state index in [9.17, 15) is 18.0 Å². The topological polar surface area (TPSA) is 83.6 Å². The second-order valence-electron chi connectivity index (χ2n) is 5.28. The summed E-state index contributed by atoms with van der Waals surface area (Å²) in [5, 5.41) is 2.71. The number of hydrogen-bond donors (Lipinski definition) is 1. The van der Waals surface area contributed by atoms with E-state index in [0.717, 1.165) is 5.56 Å². The standard InChI is InChI=1S/C15H20N2O4S/c1-3-22(20,21)13-6-4-12(5-7-13)10-14(18)17-9-8-16-15(19)11(17)2/h4-7,11H,3,8-10H2,1-2H3,(H,16,19). The van der Waals surface area contributed by atoms with Crippen LogP contribution in [-0.2, 0) is 25.8 Å². The van der Waals surface area contributed by atoms with Crippen LogP contribution in [0.25, 0.3) is 0 Å². The Morgan fingerprint density at radius 2 is 1.95 bits per heavy atom. The monoisotopic (exact) mass is 324 g/mol. The van der Waals surface area contributed by atoms with Gasteiger partial charge in [-0.2, -0.15) is 0 Å². The summed E-state index contributed by atoms with van der Waals surface area (Å²) in [6, 6.07) is 5.87. The minimum Gasteiger partial charge on any atom is -0.353 e. The molecule has 120 valence electrons. The quantitative estimate of drug-likeness (QED) is 0.867. The van der Waals surface area contributed by atoms with Crippen molar-refractivity contribution in [1.82, 2.24) is 10.2 Å². The molecule has 2 amide bonds. The molecule has 2 rings (SSSR count). The van der Waals surface area contributed by atoms with Gasteiger partial charge in [-0.05, 0) is 24.6 Å². The van der Waals surface area contributed by atoms with E-state index in [-0.39, 0.29) is 28.9 Å². The van der Waals surface area contributed by atoms with E-state index in [1.165, 1.54) is 12.1 Å². The van der Waals surface area contributed by atoms with Crippen LogP contribution in [0.4, 0.5) is 0 Å². The van der Waals surface area contributed by atoms with Crippen LogP contribution in [0.3, 0.4) is 0 Å². The largest absolute Gasteiger partial charge is 0.353 e. The Labute approximate surface area is 130 Å². The fraction of sp³-hybridized carbons (Fsp3) is 0.467. The molecule has 1 aliphatic rings. The molecule has 7 heteroatoms. The van der Waals surface area contributed by atoms with Crippen molar-refractivity contribution in [2.24, 2.45) is 0 Å². The van der Waals surface area contributed by atoms with Crippen LogP contribution in [0.5, 0.6) is 0 Å². The number of nitrogens with one attached hydrogen (secondary N) is 1. The molecule has 1 fully saturated rings. The van der Waals surface area contributed by atoms with Crippen molar-refractivity contribution >= 4 is 21.7 Å². The zero-order valence-corrected chi connectivity index (χ0v) is 13.5. The molecule has 0 bridgehead atoms. The summed E-state index contributed by atoms with van der Waals surface area (Å²) < 4.78 is 23.5. The van der Waals surface area contributed by atoms with Crippen LogP contribution in [-0.4, -0.2) is 50.0 Å². The third-order valence-electron chi connectivity index (χ3n) is 3.84. The summed E-state index contributed by atoms with van der Waals surface area (Å²) >= 11 is 0. The van der Waals surface area contributed by atoms with Crippen molar-refractivity contribution in [2.75, 3.05) is 18.8 Å². The Balaban J connectivity index is 2.08. The summed E-state index contributed by atoms with van der Waals surface area (Å²) in [5.74, 6) is -0.233. The normalized spacial score (nSPS) is 18.9. The van der Waals surface area contributed by atoms with Crippen LogP contribution in [0.15, 0.2) is 29.2 Å². The average Bonchev–Trinajstić information content (AvgIpc) is 2.50. The molecule has 0 aliphatic carbocycles. The molecule has 1 saturated heterocycles. The molecule has 1 unspecified atom stereocenters. The molecule has 1 N–H and O–H groups in total. The predicted molar refractivity (Wildman–Crippen MR) is 82.1 cm³/mol. The molecule has 6 nitrogen and oxygen atoms in total. The Kier molecular flexibility index (Phi) is 4.85. The van der Waals surface area contributed by atoms with E-state index in [2.05, 4.69) is 5.32 Å². The van der Waals surface area contributed by atoms with E-state index in [0.29, 0.717) is 13.1 Å². The van der Waals surface area contributed by atoms with Crippen molar-refractivity contribution in [2.45, 2.75) is 31.2 Å². The second-order valence-corrected chi connectivity index (χ2v) is 7.56. The summed E-state index contributed by atoms with van der Waals surface area (Å²) in [7, 11) is -3.23. The summed E-state index contributed by atoms with van der Waals surface area (Å²) in [6.45, 7) is 4.25. The highest BCUT2D eigenvalue weighted by Crippen LogP contribution is 2.14. The molecule has 1 atom stereocenters. The first-order valence-corrected chi connectivity index (χ1v) is 8.89. The second kappa shape index (κ2) is 6.48.